The van der Waals surface area contributed by atoms with E-state index in [1.165, 1.54) is 19.2 Å². The third-order valence-corrected chi connectivity index (χ3v) is 5.46. The molecule has 9 heteroatoms. The molecule has 2 aliphatic rings. The topological polar surface area (TPSA) is 64.7 Å². The van der Waals surface area contributed by atoms with E-state index in [9.17, 15) is 22.8 Å². The number of nitrogens with one attached hydrogen (secondary N) is 2. The van der Waals surface area contributed by atoms with Crippen LogP contribution < -0.4 is 15.5 Å². The molecule has 0 unspecified atom stereocenters. The summed E-state index contributed by atoms with van der Waals surface area (Å²) < 4.78 is 41.4. The van der Waals surface area contributed by atoms with Gasteiger partial charge in [0.05, 0.1) is 11.1 Å². The van der Waals surface area contributed by atoms with Gasteiger partial charge in [0.25, 0.3) is 5.91 Å². The normalized spacial score (nSPS) is 17.5. The molecule has 0 spiro atoms. The summed E-state index contributed by atoms with van der Waals surface area (Å²) in [6.07, 6.45) is -3.13. The van der Waals surface area contributed by atoms with Gasteiger partial charge in [-0.3, -0.25) is 9.59 Å². The highest BCUT2D eigenvalue weighted by atomic mass is 19.4. The molecule has 2 aliphatic heterocycles. The predicted molar refractivity (Wildman–Crippen MR) is 113 cm³/mol. The lowest BCUT2D eigenvalue weighted by atomic mass is 10.1. The fraction of sp³-hybridized carbons (Fsp3) is 0.273. The van der Waals surface area contributed by atoms with Crippen molar-refractivity contribution in [2.75, 3.05) is 41.7 Å². The van der Waals surface area contributed by atoms with Crippen LogP contribution >= 0.6 is 0 Å². The Kier molecular flexibility index (Phi) is 5.34. The summed E-state index contributed by atoms with van der Waals surface area (Å²) in [5, 5.41) is 5.55. The van der Waals surface area contributed by atoms with Crippen molar-refractivity contribution in [2.45, 2.75) is 13.1 Å². The molecule has 162 valence electrons. The monoisotopic (exact) mass is 430 g/mol. The first-order chi connectivity index (χ1) is 14.7. The lowest BCUT2D eigenvalue weighted by Crippen LogP contribution is -2.48. The first kappa shape index (κ1) is 20.8. The number of piperazine rings is 1. The number of hydrogen-bond donors (Lipinski definition) is 2. The molecule has 6 nitrogen and oxygen atoms in total. The van der Waals surface area contributed by atoms with Crippen LogP contribution in [0.25, 0.3) is 5.57 Å². The van der Waals surface area contributed by atoms with Gasteiger partial charge >= 0.3 is 6.18 Å². The van der Waals surface area contributed by atoms with E-state index in [1.54, 1.807) is 40.1 Å². The van der Waals surface area contributed by atoms with Crippen molar-refractivity contribution in [3.05, 3.63) is 59.8 Å². The Balaban J connectivity index is 1.58. The van der Waals surface area contributed by atoms with Crippen LogP contribution in [0, 0.1) is 0 Å². The van der Waals surface area contributed by atoms with Gasteiger partial charge in [-0.15, -0.1) is 0 Å². The molecule has 0 atom stereocenters. The Morgan fingerprint density at radius 2 is 1.81 bits per heavy atom. The maximum atomic E-state index is 13.8. The van der Waals surface area contributed by atoms with Gasteiger partial charge in [-0.2, -0.15) is 13.2 Å². The number of alkyl halides is 3. The molecule has 1 fully saturated rings. The molecule has 1 saturated heterocycles. The largest absolute Gasteiger partial charge is 0.418 e. The lowest BCUT2D eigenvalue weighted by Gasteiger charge is -2.36. The van der Waals surface area contributed by atoms with Crippen LogP contribution in [-0.2, 0) is 15.8 Å². The van der Waals surface area contributed by atoms with E-state index in [0.717, 1.165) is 6.07 Å². The van der Waals surface area contributed by atoms with Crippen molar-refractivity contribution < 1.29 is 22.8 Å². The zero-order valence-electron chi connectivity index (χ0n) is 16.8. The van der Waals surface area contributed by atoms with Gasteiger partial charge in [0.1, 0.15) is 0 Å². The molecule has 2 amide bonds. The molecule has 0 aromatic heterocycles. The standard InChI is InChI=1S/C22H21F3N4O2/c1-14(30)28-8-10-29(11-9-28)20-7-6-15(12-18(20)22(23,24)25)26-13-17-16-4-2-3-5-19(16)27-21(17)31/h2-7,12-13,26H,8-11H2,1H3,(H,27,31). The van der Waals surface area contributed by atoms with Crippen molar-refractivity contribution in [3.63, 3.8) is 0 Å². The Labute approximate surface area is 177 Å². The number of hydrogen-bond acceptors (Lipinski definition) is 4. The minimum atomic E-state index is -4.55. The average Bonchev–Trinajstić information content (AvgIpc) is 3.06. The highest BCUT2D eigenvalue weighted by Gasteiger charge is 2.36. The third kappa shape index (κ3) is 4.21. The number of halogens is 3. The van der Waals surface area contributed by atoms with E-state index >= 15 is 0 Å². The van der Waals surface area contributed by atoms with Gasteiger partial charge in [-0.05, 0) is 24.3 Å². The molecular formula is C22H21F3N4O2. The van der Waals surface area contributed by atoms with E-state index in [2.05, 4.69) is 10.6 Å². The molecule has 4 rings (SSSR count). The third-order valence-electron chi connectivity index (χ3n) is 5.46. The second-order valence-corrected chi connectivity index (χ2v) is 7.42. The molecule has 0 radical (unpaired) electrons. The summed E-state index contributed by atoms with van der Waals surface area (Å²) in [7, 11) is 0. The number of nitrogens with zero attached hydrogens (tertiary/aromatic N) is 2. The van der Waals surface area contributed by atoms with Crippen LogP contribution in [0.4, 0.5) is 30.2 Å². The van der Waals surface area contributed by atoms with Crippen molar-refractivity contribution in [1.82, 2.24) is 4.90 Å². The van der Waals surface area contributed by atoms with Gasteiger partial charge in [0, 0.05) is 61.9 Å². The van der Waals surface area contributed by atoms with Crippen LogP contribution in [0.15, 0.2) is 48.7 Å². The van der Waals surface area contributed by atoms with Gasteiger partial charge in [0.15, 0.2) is 0 Å². The zero-order valence-corrected chi connectivity index (χ0v) is 16.8. The van der Waals surface area contributed by atoms with Crippen LogP contribution in [0.2, 0.25) is 0 Å². The maximum Gasteiger partial charge on any atom is 0.418 e. The number of para-hydroxylation sites is 1. The molecule has 2 aromatic rings. The first-order valence-corrected chi connectivity index (χ1v) is 9.83. The van der Waals surface area contributed by atoms with Gasteiger partial charge in [-0.1, -0.05) is 18.2 Å². The van der Waals surface area contributed by atoms with Crippen molar-refractivity contribution in [3.8, 4) is 0 Å². The van der Waals surface area contributed by atoms with Gasteiger partial charge in [-0.25, -0.2) is 0 Å². The Bertz CT molecular complexity index is 1060. The van der Waals surface area contributed by atoms with Crippen LogP contribution in [0.3, 0.4) is 0 Å². The van der Waals surface area contributed by atoms with Crippen molar-refractivity contribution >= 4 is 34.4 Å². The number of rotatable bonds is 3. The van der Waals surface area contributed by atoms with Crippen molar-refractivity contribution in [1.29, 1.82) is 0 Å². The summed E-state index contributed by atoms with van der Waals surface area (Å²) in [5.74, 6) is -0.398. The minimum absolute atomic E-state index is 0.0814. The predicted octanol–water partition coefficient (Wildman–Crippen LogP) is 3.78. The lowest BCUT2D eigenvalue weighted by molar-refractivity contribution is -0.137. The molecule has 2 aromatic carbocycles. The number of carbonyl (C=O) groups is 2. The van der Waals surface area contributed by atoms with Gasteiger partial charge < -0.3 is 20.4 Å². The zero-order chi connectivity index (χ0) is 22.2. The average molecular weight is 430 g/mol. The highest BCUT2D eigenvalue weighted by Crippen LogP contribution is 2.39. The summed E-state index contributed by atoms with van der Waals surface area (Å²) in [4.78, 5) is 26.9. The smallest absolute Gasteiger partial charge is 0.367 e. The highest BCUT2D eigenvalue weighted by molar-refractivity contribution is 6.31. The fourth-order valence-electron chi connectivity index (χ4n) is 3.83. The van der Waals surface area contributed by atoms with E-state index in [0.29, 0.717) is 43.0 Å². The molecule has 31 heavy (non-hydrogen) atoms. The molecular weight excluding hydrogens is 409 g/mol. The maximum absolute atomic E-state index is 13.8. The SMILES string of the molecule is CC(=O)N1CCN(c2ccc(NC=C3C(=O)Nc4ccccc43)cc2C(F)(F)F)CC1. The van der Waals surface area contributed by atoms with Crippen LogP contribution in [-0.4, -0.2) is 42.9 Å². The van der Waals surface area contributed by atoms with Crippen molar-refractivity contribution in [2.24, 2.45) is 0 Å². The first-order valence-electron chi connectivity index (χ1n) is 9.83. The number of anilines is 3. The van der Waals surface area contributed by atoms with E-state index in [-0.39, 0.29) is 23.2 Å². The summed E-state index contributed by atoms with van der Waals surface area (Å²) in [6.45, 7) is 2.88. The second-order valence-electron chi connectivity index (χ2n) is 7.42. The summed E-state index contributed by atoms with van der Waals surface area (Å²) in [5.41, 5.74) is 1.26. The fourth-order valence-corrected chi connectivity index (χ4v) is 3.83. The molecule has 2 N–H and O–H groups in total. The number of fused-ring (bicyclic) bond motifs is 1. The van der Waals surface area contributed by atoms with E-state index in [1.807, 2.05) is 0 Å². The van der Waals surface area contributed by atoms with E-state index in [4.69, 9.17) is 0 Å². The second kappa shape index (κ2) is 7.98. The molecule has 2 heterocycles. The Morgan fingerprint density at radius 1 is 1.10 bits per heavy atom. The number of benzene rings is 2. The van der Waals surface area contributed by atoms with Crippen LogP contribution in [0.1, 0.15) is 18.1 Å². The summed E-state index contributed by atoms with van der Waals surface area (Å²) >= 11 is 0. The number of carbonyl (C=O) groups excluding carboxylic acids is 2. The molecule has 0 saturated carbocycles. The van der Waals surface area contributed by atoms with Crippen LogP contribution in [0.5, 0.6) is 0 Å². The molecule has 0 bridgehead atoms. The van der Waals surface area contributed by atoms with E-state index < -0.39 is 11.7 Å². The number of amides is 2. The quantitative estimate of drug-likeness (QED) is 0.728. The minimum Gasteiger partial charge on any atom is -0.367 e. The summed E-state index contributed by atoms with van der Waals surface area (Å²) in [6, 6.07) is 11.1. The Morgan fingerprint density at radius 3 is 2.48 bits per heavy atom. The molecule has 0 aliphatic carbocycles. The Hall–Kier alpha value is -3.49. The van der Waals surface area contributed by atoms with Gasteiger partial charge in [0.2, 0.25) is 5.91 Å².